The molecule has 5 rings (SSSR count). The molecule has 2 aliphatic carbocycles. The van der Waals surface area contributed by atoms with Crippen LogP contribution in [0.5, 0.6) is 11.5 Å². The topological polar surface area (TPSA) is 62.2 Å². The first kappa shape index (κ1) is 17.1. The van der Waals surface area contributed by atoms with Crippen molar-refractivity contribution in [3.05, 3.63) is 35.0 Å². The highest BCUT2D eigenvalue weighted by Crippen LogP contribution is 2.65. The number of likely N-dealkylation sites (N-methyl/N-ethyl adjacent to an activating group) is 1. The van der Waals surface area contributed by atoms with E-state index in [1.54, 1.807) is 7.11 Å². The van der Waals surface area contributed by atoms with Gasteiger partial charge < -0.3 is 24.4 Å². The monoisotopic (exact) mass is 370 g/mol. The van der Waals surface area contributed by atoms with E-state index in [-0.39, 0.29) is 11.8 Å². The molecule has 2 bridgehead atoms. The summed E-state index contributed by atoms with van der Waals surface area (Å²) < 4.78 is 11.9. The zero-order valence-electron chi connectivity index (χ0n) is 16.3. The predicted molar refractivity (Wildman–Crippen MR) is 100 cm³/mol. The second-order valence-corrected chi connectivity index (χ2v) is 8.63. The lowest BCUT2D eigenvalue weighted by Crippen LogP contribution is -2.76. The highest BCUT2D eigenvalue weighted by molar-refractivity contribution is 6.03. The molecule has 1 saturated carbocycles. The maximum absolute atomic E-state index is 13.4. The van der Waals surface area contributed by atoms with Crippen LogP contribution in [0.1, 0.15) is 24.0 Å². The zero-order chi connectivity index (χ0) is 19.1. The van der Waals surface area contributed by atoms with Gasteiger partial charge in [0, 0.05) is 43.9 Å². The number of ketones is 1. The second-order valence-electron chi connectivity index (χ2n) is 8.63. The SMILES string of the molecule is COc1ccc2c3c1O[C@H]1C(=O)/C(=C/N(C)C)C[C@@]4(O)[C@@H](C2)N(C)CC[C@]314. The number of nitrogens with zero attached hydrogens (tertiary/aromatic N) is 2. The van der Waals surface area contributed by atoms with Crippen LogP contribution < -0.4 is 9.47 Å². The van der Waals surface area contributed by atoms with E-state index in [1.165, 1.54) is 5.56 Å². The van der Waals surface area contributed by atoms with Crippen LogP contribution in [0, 0.1) is 0 Å². The fraction of sp³-hybridized carbons (Fsp3) is 0.571. The summed E-state index contributed by atoms with van der Waals surface area (Å²) in [7, 11) is 7.48. The summed E-state index contributed by atoms with van der Waals surface area (Å²) in [6, 6.07) is 3.96. The number of methoxy groups -OCH3 is 1. The second kappa shape index (κ2) is 5.26. The minimum atomic E-state index is -1.04. The summed E-state index contributed by atoms with van der Waals surface area (Å²) in [6.07, 6.45) is 2.95. The van der Waals surface area contributed by atoms with Crippen molar-refractivity contribution in [1.29, 1.82) is 0 Å². The number of likely N-dealkylation sites (tertiary alicyclic amines) is 1. The van der Waals surface area contributed by atoms with Gasteiger partial charge in [0.2, 0.25) is 5.78 Å². The van der Waals surface area contributed by atoms with Gasteiger partial charge in [-0.2, -0.15) is 0 Å². The maximum Gasteiger partial charge on any atom is 0.201 e. The van der Waals surface area contributed by atoms with Crippen LogP contribution in [0.2, 0.25) is 0 Å². The van der Waals surface area contributed by atoms with E-state index in [0.717, 1.165) is 18.5 Å². The van der Waals surface area contributed by atoms with Crippen molar-refractivity contribution >= 4 is 5.78 Å². The molecular formula is C21H26N2O4. The van der Waals surface area contributed by atoms with Crippen molar-refractivity contribution < 1.29 is 19.4 Å². The Kier molecular flexibility index (Phi) is 3.33. The molecule has 0 amide bonds. The molecular weight excluding hydrogens is 344 g/mol. The largest absolute Gasteiger partial charge is 0.493 e. The Balaban J connectivity index is 1.80. The molecule has 1 N–H and O–H groups in total. The Morgan fingerprint density at radius 3 is 2.89 bits per heavy atom. The van der Waals surface area contributed by atoms with Gasteiger partial charge in [-0.1, -0.05) is 6.07 Å². The van der Waals surface area contributed by atoms with Gasteiger partial charge in [-0.05, 0) is 38.1 Å². The minimum Gasteiger partial charge on any atom is -0.493 e. The summed E-state index contributed by atoms with van der Waals surface area (Å²) in [5.74, 6) is 1.28. The van der Waals surface area contributed by atoms with E-state index in [9.17, 15) is 9.90 Å². The average Bonchev–Trinajstić information content (AvgIpc) is 2.97. The lowest BCUT2D eigenvalue weighted by atomic mass is 9.48. The molecule has 4 atom stereocenters. The predicted octanol–water partition coefficient (Wildman–Crippen LogP) is 1.10. The normalized spacial score (nSPS) is 37.8. The smallest absolute Gasteiger partial charge is 0.201 e. The maximum atomic E-state index is 13.4. The van der Waals surface area contributed by atoms with E-state index in [4.69, 9.17) is 9.47 Å². The minimum absolute atomic E-state index is 0.0113. The molecule has 1 aromatic carbocycles. The first-order chi connectivity index (χ1) is 12.8. The van der Waals surface area contributed by atoms with E-state index in [2.05, 4.69) is 18.0 Å². The highest BCUT2D eigenvalue weighted by Gasteiger charge is 2.73. The molecule has 1 spiro atoms. The van der Waals surface area contributed by atoms with Crippen LogP contribution in [-0.2, 0) is 16.6 Å². The number of hydrogen-bond acceptors (Lipinski definition) is 6. The zero-order valence-corrected chi connectivity index (χ0v) is 16.3. The molecule has 1 aromatic rings. The molecule has 0 radical (unpaired) electrons. The molecule has 6 heteroatoms. The van der Waals surface area contributed by atoms with Crippen molar-refractivity contribution in [1.82, 2.24) is 9.80 Å². The van der Waals surface area contributed by atoms with Crippen molar-refractivity contribution in [2.24, 2.45) is 0 Å². The van der Waals surface area contributed by atoms with Crippen molar-refractivity contribution in [3.8, 4) is 11.5 Å². The third-order valence-corrected chi connectivity index (χ3v) is 7.11. The first-order valence-electron chi connectivity index (χ1n) is 9.54. The van der Waals surface area contributed by atoms with E-state index in [1.807, 2.05) is 31.3 Å². The van der Waals surface area contributed by atoms with Gasteiger partial charge >= 0.3 is 0 Å². The van der Waals surface area contributed by atoms with Gasteiger partial charge in [0.1, 0.15) is 0 Å². The Morgan fingerprint density at radius 2 is 2.19 bits per heavy atom. The number of piperidine rings is 1. The van der Waals surface area contributed by atoms with E-state index >= 15 is 0 Å². The molecule has 2 fully saturated rings. The molecule has 27 heavy (non-hydrogen) atoms. The van der Waals surface area contributed by atoms with Crippen molar-refractivity contribution in [3.63, 3.8) is 0 Å². The van der Waals surface area contributed by atoms with Crippen LogP contribution in [0.25, 0.3) is 0 Å². The Bertz CT molecular complexity index is 879. The summed E-state index contributed by atoms with van der Waals surface area (Å²) in [6.45, 7) is 0.836. The highest BCUT2D eigenvalue weighted by atomic mass is 16.5. The molecule has 2 heterocycles. The first-order valence-corrected chi connectivity index (χ1v) is 9.54. The Morgan fingerprint density at radius 1 is 1.41 bits per heavy atom. The van der Waals surface area contributed by atoms with Gasteiger partial charge in [0.25, 0.3) is 0 Å². The van der Waals surface area contributed by atoms with Gasteiger partial charge in [0.05, 0.1) is 18.1 Å². The van der Waals surface area contributed by atoms with Crippen LogP contribution in [0.4, 0.5) is 0 Å². The average molecular weight is 370 g/mol. The van der Waals surface area contributed by atoms with Crippen molar-refractivity contribution in [2.45, 2.75) is 42.4 Å². The van der Waals surface area contributed by atoms with Crippen LogP contribution in [0.15, 0.2) is 23.9 Å². The molecule has 0 unspecified atom stereocenters. The summed E-state index contributed by atoms with van der Waals surface area (Å²) in [4.78, 5) is 17.5. The number of carbonyl (C=O) groups excluding carboxylic acids is 1. The van der Waals surface area contributed by atoms with Gasteiger partial charge in [-0.25, -0.2) is 0 Å². The van der Waals surface area contributed by atoms with E-state index in [0.29, 0.717) is 29.9 Å². The standard InChI is InChI=1S/C21H26N2O4/c1-22(2)11-13-10-21(25)15-9-12-5-6-14(26-4)18-16(12)20(21,7-8-23(15)3)19(27-18)17(13)24/h5-6,11,15,19,25H,7-10H2,1-4H3/b13-11+/t15-,19+,20+,21-/m1/s1. The molecule has 1 saturated heterocycles. The number of hydrogen-bond donors (Lipinski definition) is 1. The molecule has 144 valence electrons. The van der Waals surface area contributed by atoms with Gasteiger partial charge in [-0.15, -0.1) is 0 Å². The number of rotatable bonds is 2. The summed E-state index contributed by atoms with van der Waals surface area (Å²) >= 11 is 0. The van der Waals surface area contributed by atoms with Crippen LogP contribution in [-0.4, -0.2) is 73.2 Å². The van der Waals surface area contributed by atoms with Crippen LogP contribution >= 0.6 is 0 Å². The van der Waals surface area contributed by atoms with E-state index < -0.39 is 17.1 Å². The molecule has 0 aromatic heterocycles. The quantitative estimate of drug-likeness (QED) is 0.787. The third-order valence-electron chi connectivity index (χ3n) is 7.11. The number of aliphatic hydroxyl groups is 1. The molecule has 6 nitrogen and oxygen atoms in total. The lowest BCUT2D eigenvalue weighted by molar-refractivity contribution is -0.176. The fourth-order valence-corrected chi connectivity index (χ4v) is 6.03. The summed E-state index contributed by atoms with van der Waals surface area (Å²) in [5, 5.41) is 12.2. The Hall–Kier alpha value is -2.05. The van der Waals surface area contributed by atoms with Crippen molar-refractivity contribution in [2.75, 3.05) is 34.8 Å². The van der Waals surface area contributed by atoms with Gasteiger partial charge in [0.15, 0.2) is 17.6 Å². The number of ether oxygens (including phenoxy) is 2. The fourth-order valence-electron chi connectivity index (χ4n) is 6.03. The molecule has 2 aliphatic heterocycles. The third kappa shape index (κ3) is 1.85. The summed E-state index contributed by atoms with van der Waals surface area (Å²) in [5.41, 5.74) is 1.09. The number of benzene rings is 1. The number of carbonyl (C=O) groups is 1. The number of Topliss-reactive ketones (excluding diaryl/α,β-unsaturated/α-hetero) is 1. The Labute approximate surface area is 159 Å². The van der Waals surface area contributed by atoms with Crippen LogP contribution in [0.3, 0.4) is 0 Å². The molecule has 4 aliphatic rings. The van der Waals surface area contributed by atoms with Gasteiger partial charge in [-0.3, -0.25) is 4.79 Å². The lowest BCUT2D eigenvalue weighted by Gasteiger charge is -2.62.